The van der Waals surface area contributed by atoms with Gasteiger partial charge in [0.2, 0.25) is 5.91 Å². The zero-order valence-corrected chi connectivity index (χ0v) is 51.7. The van der Waals surface area contributed by atoms with Crippen molar-refractivity contribution in [3.8, 4) is 0 Å². The number of carbonyl (C=O) groups excluding carboxylic acids is 1. The van der Waals surface area contributed by atoms with Crippen LogP contribution in [0.4, 0.5) is 0 Å². The largest absolute Gasteiger partial charge is 0.394 e. The predicted octanol–water partition coefficient (Wildman–Crippen LogP) is 17.6. The third-order valence-corrected chi connectivity index (χ3v) is 14.3. The van der Waals surface area contributed by atoms with Crippen molar-refractivity contribution in [3.63, 3.8) is 0 Å². The fraction of sp³-hybridized carbons (Fsp3) is 0.630. The lowest BCUT2D eigenvalue weighted by atomic mass is 9.99. The summed E-state index contributed by atoms with van der Waals surface area (Å²) in [6.45, 7) is 3.63. The van der Waals surface area contributed by atoms with E-state index in [1.54, 1.807) is 6.08 Å². The summed E-state index contributed by atoms with van der Waals surface area (Å²) < 4.78 is 11.3. The van der Waals surface area contributed by atoms with Crippen LogP contribution in [-0.2, 0) is 14.3 Å². The second kappa shape index (κ2) is 60.0. The molecule has 7 atom stereocenters. The van der Waals surface area contributed by atoms with Gasteiger partial charge in [-0.15, -0.1) is 0 Å². The standard InChI is InChI=1S/C73H119NO8/c1-3-5-7-9-11-13-15-17-19-21-23-25-27-28-29-30-31-32-33-34-35-36-37-38-39-40-41-43-45-47-49-51-53-55-57-59-61-63-69(77)74-66(65-81-73-72(80)71(79)70(78)68(64-75)82-73)67(76)62-60-58-56-54-52-50-48-46-44-42-26-24-22-20-18-16-14-12-10-8-6-4-2/h5,7,11,13,17,19,23,25,28-29,31-32,34-35,37-38,40-41,45,47,51-54,60,62,66-68,70-73,75-76,78-80H,3-4,6,8-10,12,14-16,18,20-22,24,26-27,30,33,36,39,42-44,46,48-50,55-59,61,63-65H2,1-2H3,(H,74,77)/b7-5-,13-11-,19-17-,25-23-,29-28-,32-31-,35-34-,38-37-,41-40-,47-45-,53-51-,54-52+,62-60+. The van der Waals surface area contributed by atoms with Gasteiger partial charge in [0.05, 0.1) is 25.4 Å². The maximum atomic E-state index is 13.1. The molecular weight excluding hydrogens is 1020 g/mol. The number of hydrogen-bond acceptors (Lipinski definition) is 8. The number of allylic oxidation sites excluding steroid dienone is 25. The van der Waals surface area contributed by atoms with Gasteiger partial charge in [-0.25, -0.2) is 0 Å². The number of rotatable bonds is 54. The van der Waals surface area contributed by atoms with Crippen LogP contribution in [0.2, 0.25) is 0 Å². The highest BCUT2D eigenvalue weighted by molar-refractivity contribution is 5.76. The Morgan fingerprint density at radius 1 is 0.427 bits per heavy atom. The number of aliphatic hydroxyl groups excluding tert-OH is 5. The summed E-state index contributed by atoms with van der Waals surface area (Å²) in [6.07, 6.45) is 87.5. The predicted molar refractivity (Wildman–Crippen MR) is 349 cm³/mol. The van der Waals surface area contributed by atoms with Gasteiger partial charge in [0.25, 0.3) is 0 Å². The molecule has 1 saturated heterocycles. The molecule has 0 aromatic heterocycles. The Morgan fingerprint density at radius 2 is 0.768 bits per heavy atom. The van der Waals surface area contributed by atoms with Crippen LogP contribution >= 0.6 is 0 Å². The number of ether oxygens (including phenoxy) is 2. The molecule has 82 heavy (non-hydrogen) atoms. The van der Waals surface area contributed by atoms with Crippen LogP contribution in [0.3, 0.4) is 0 Å². The van der Waals surface area contributed by atoms with Gasteiger partial charge in [-0.1, -0.05) is 275 Å². The molecule has 0 spiro atoms. The summed E-state index contributed by atoms with van der Waals surface area (Å²) in [5.74, 6) is -0.224. The van der Waals surface area contributed by atoms with Crippen LogP contribution in [0.15, 0.2) is 158 Å². The minimum absolute atomic E-state index is 0.224. The van der Waals surface area contributed by atoms with Gasteiger partial charge in [-0.3, -0.25) is 4.79 Å². The highest BCUT2D eigenvalue weighted by atomic mass is 16.7. The molecule has 0 saturated carbocycles. The monoisotopic (exact) mass is 1140 g/mol. The van der Waals surface area contributed by atoms with Crippen molar-refractivity contribution in [1.82, 2.24) is 5.32 Å². The summed E-state index contributed by atoms with van der Waals surface area (Å²) in [6, 6.07) is -0.853. The summed E-state index contributed by atoms with van der Waals surface area (Å²) >= 11 is 0. The third-order valence-electron chi connectivity index (χ3n) is 14.3. The van der Waals surface area contributed by atoms with Gasteiger partial charge in [-0.05, 0) is 116 Å². The maximum absolute atomic E-state index is 13.1. The van der Waals surface area contributed by atoms with Crippen molar-refractivity contribution in [2.24, 2.45) is 0 Å². The van der Waals surface area contributed by atoms with Crippen LogP contribution in [0.1, 0.15) is 239 Å². The fourth-order valence-corrected chi connectivity index (χ4v) is 9.24. The minimum atomic E-state index is -1.59. The zero-order chi connectivity index (χ0) is 59.3. The molecule has 464 valence electrons. The molecule has 9 heteroatoms. The van der Waals surface area contributed by atoms with Crippen molar-refractivity contribution in [1.29, 1.82) is 0 Å². The SMILES string of the molecule is CC/C=C\C/C=C\C/C=C\C/C=C\C/C=C\C/C=C\C/C=C\C/C=C\C/C=C\C/C=C\C/C=C\CCCCCC(=O)NC(COC1OC(CO)C(O)C(O)C1O)C(O)/C=C/CC/C=C/CCCCCCCCCCCCCCCCCC. The summed E-state index contributed by atoms with van der Waals surface area (Å²) in [5, 5.41) is 54.6. The minimum Gasteiger partial charge on any atom is -0.394 e. The average molecular weight is 1140 g/mol. The first-order chi connectivity index (χ1) is 40.3. The van der Waals surface area contributed by atoms with E-state index in [9.17, 15) is 30.3 Å². The van der Waals surface area contributed by atoms with Gasteiger partial charge >= 0.3 is 0 Å². The second-order valence-electron chi connectivity index (χ2n) is 21.8. The van der Waals surface area contributed by atoms with Crippen molar-refractivity contribution < 1.29 is 39.8 Å². The smallest absolute Gasteiger partial charge is 0.220 e. The van der Waals surface area contributed by atoms with Gasteiger partial charge in [0, 0.05) is 6.42 Å². The molecule has 1 fully saturated rings. The Morgan fingerprint density at radius 3 is 1.17 bits per heavy atom. The van der Waals surface area contributed by atoms with E-state index in [-0.39, 0.29) is 18.9 Å². The lowest BCUT2D eigenvalue weighted by Gasteiger charge is -2.40. The maximum Gasteiger partial charge on any atom is 0.220 e. The Bertz CT molecular complexity index is 1850. The van der Waals surface area contributed by atoms with E-state index < -0.39 is 49.5 Å². The normalized spacial score (nSPS) is 19.4. The van der Waals surface area contributed by atoms with Gasteiger partial charge in [0.1, 0.15) is 24.4 Å². The summed E-state index contributed by atoms with van der Waals surface area (Å²) in [7, 11) is 0. The van der Waals surface area contributed by atoms with Crippen LogP contribution in [0.25, 0.3) is 0 Å². The van der Waals surface area contributed by atoms with Crippen LogP contribution in [-0.4, -0.2) is 87.5 Å². The number of carbonyl (C=O) groups is 1. The summed E-state index contributed by atoms with van der Waals surface area (Å²) in [4.78, 5) is 13.1. The van der Waals surface area contributed by atoms with Crippen LogP contribution < -0.4 is 5.32 Å². The molecule has 6 N–H and O–H groups in total. The van der Waals surface area contributed by atoms with E-state index in [1.165, 1.54) is 103 Å². The number of hydrogen-bond donors (Lipinski definition) is 6. The average Bonchev–Trinajstić information content (AvgIpc) is 3.59. The third kappa shape index (κ3) is 48.2. The fourth-order valence-electron chi connectivity index (χ4n) is 9.24. The van der Waals surface area contributed by atoms with E-state index in [0.717, 1.165) is 109 Å². The van der Waals surface area contributed by atoms with Gasteiger partial charge < -0.3 is 40.3 Å². The molecular formula is C73H119NO8. The van der Waals surface area contributed by atoms with E-state index >= 15 is 0 Å². The number of unbranched alkanes of at least 4 members (excludes halogenated alkanes) is 20. The lowest BCUT2D eigenvalue weighted by Crippen LogP contribution is -2.60. The molecule has 0 aromatic rings. The highest BCUT2D eigenvalue weighted by Crippen LogP contribution is 2.23. The van der Waals surface area contributed by atoms with Crippen molar-refractivity contribution >= 4 is 5.91 Å². The number of amides is 1. The van der Waals surface area contributed by atoms with E-state index in [0.29, 0.717) is 6.42 Å². The van der Waals surface area contributed by atoms with Gasteiger partial charge in [0.15, 0.2) is 6.29 Å². The van der Waals surface area contributed by atoms with Crippen LogP contribution in [0.5, 0.6) is 0 Å². The summed E-state index contributed by atoms with van der Waals surface area (Å²) in [5.41, 5.74) is 0. The molecule has 1 heterocycles. The highest BCUT2D eigenvalue weighted by Gasteiger charge is 2.44. The number of nitrogens with one attached hydrogen (secondary N) is 1. The van der Waals surface area contributed by atoms with Gasteiger partial charge in [-0.2, -0.15) is 0 Å². The Labute approximate surface area is 501 Å². The Hall–Kier alpha value is -4.19. The molecule has 7 unspecified atom stereocenters. The van der Waals surface area contributed by atoms with Crippen molar-refractivity contribution in [2.75, 3.05) is 13.2 Å². The van der Waals surface area contributed by atoms with E-state index in [1.807, 2.05) is 6.08 Å². The van der Waals surface area contributed by atoms with Crippen molar-refractivity contribution in [3.05, 3.63) is 158 Å². The first-order valence-corrected chi connectivity index (χ1v) is 32.7. The lowest BCUT2D eigenvalue weighted by molar-refractivity contribution is -0.302. The first kappa shape index (κ1) is 75.8. The molecule has 0 aromatic carbocycles. The molecule has 9 nitrogen and oxygen atoms in total. The second-order valence-corrected chi connectivity index (χ2v) is 21.8. The molecule has 1 rings (SSSR count). The molecule has 0 radical (unpaired) electrons. The zero-order valence-electron chi connectivity index (χ0n) is 51.7. The molecule has 1 aliphatic heterocycles. The quantitative estimate of drug-likeness (QED) is 0.0261. The van der Waals surface area contributed by atoms with Crippen LogP contribution in [0, 0.1) is 0 Å². The van der Waals surface area contributed by atoms with E-state index in [2.05, 4.69) is 165 Å². The first-order valence-electron chi connectivity index (χ1n) is 32.7. The Balaban J connectivity index is 2.25. The van der Waals surface area contributed by atoms with Crippen molar-refractivity contribution in [2.45, 2.75) is 281 Å². The molecule has 1 amide bonds. The topological polar surface area (TPSA) is 149 Å². The van der Waals surface area contributed by atoms with E-state index in [4.69, 9.17) is 9.47 Å². The molecule has 0 bridgehead atoms. The molecule has 1 aliphatic rings. The number of aliphatic hydroxyl groups is 5. The Kier molecular flexibility index (Phi) is 55.4. The molecule has 0 aliphatic carbocycles.